The van der Waals surface area contributed by atoms with Crippen molar-refractivity contribution in [2.24, 2.45) is 4.99 Å². The van der Waals surface area contributed by atoms with Gasteiger partial charge in [0.05, 0.1) is 29.6 Å². The van der Waals surface area contributed by atoms with Crippen LogP contribution in [0.4, 0.5) is 5.69 Å². The zero-order valence-electron chi connectivity index (χ0n) is 20.4. The van der Waals surface area contributed by atoms with E-state index in [1.807, 2.05) is 24.3 Å². The van der Waals surface area contributed by atoms with Gasteiger partial charge in [-0.25, -0.2) is 9.79 Å². The Hall–Kier alpha value is -4.01. The third-order valence-corrected chi connectivity index (χ3v) is 6.57. The van der Waals surface area contributed by atoms with Crippen LogP contribution in [0.1, 0.15) is 27.0 Å². The maximum absolute atomic E-state index is 12.2. The van der Waals surface area contributed by atoms with Crippen molar-refractivity contribution in [2.75, 3.05) is 40.3 Å². The molecule has 2 aromatic heterocycles. The predicted octanol–water partition coefficient (Wildman–Crippen LogP) is 3.97. The number of aromatic amines is 1. The number of pyridine rings is 1. The Morgan fingerprint density at radius 1 is 1.03 bits per heavy atom. The van der Waals surface area contributed by atoms with Crippen LogP contribution >= 0.6 is 0 Å². The molecular formula is C28H29N5O3. The highest BCUT2D eigenvalue weighted by Gasteiger charge is 2.20. The van der Waals surface area contributed by atoms with Gasteiger partial charge in [0, 0.05) is 61.6 Å². The molecule has 1 aliphatic rings. The number of hydrogen-bond acceptors (Lipinski definition) is 7. The van der Waals surface area contributed by atoms with E-state index in [0.29, 0.717) is 27.7 Å². The number of aromatic nitrogens is 2. The van der Waals surface area contributed by atoms with Gasteiger partial charge in [0.15, 0.2) is 5.88 Å². The smallest absolute Gasteiger partial charge is 0.337 e. The van der Waals surface area contributed by atoms with E-state index in [0.717, 1.165) is 44.0 Å². The molecule has 2 aromatic carbocycles. The van der Waals surface area contributed by atoms with Crippen molar-refractivity contribution < 1.29 is 14.6 Å². The zero-order chi connectivity index (χ0) is 25.1. The van der Waals surface area contributed by atoms with Crippen LogP contribution in [0.5, 0.6) is 5.88 Å². The summed E-state index contributed by atoms with van der Waals surface area (Å²) < 4.78 is 4.89. The molecule has 1 saturated heterocycles. The summed E-state index contributed by atoms with van der Waals surface area (Å²) in [5.41, 5.74) is 4.99. The van der Waals surface area contributed by atoms with E-state index in [9.17, 15) is 9.90 Å². The molecule has 0 unspecified atom stereocenters. The molecule has 1 fully saturated rings. The molecule has 1 aliphatic heterocycles. The molecule has 0 saturated carbocycles. The van der Waals surface area contributed by atoms with Crippen molar-refractivity contribution in [1.82, 2.24) is 19.8 Å². The highest BCUT2D eigenvalue weighted by Crippen LogP contribution is 2.32. The molecule has 0 spiro atoms. The Bertz CT molecular complexity index is 1390. The van der Waals surface area contributed by atoms with Gasteiger partial charge in [0.25, 0.3) is 0 Å². The fourth-order valence-corrected chi connectivity index (χ4v) is 4.51. The minimum atomic E-state index is -0.443. The van der Waals surface area contributed by atoms with Crippen LogP contribution in [0.15, 0.2) is 72.0 Å². The molecule has 0 amide bonds. The van der Waals surface area contributed by atoms with E-state index in [2.05, 4.69) is 38.9 Å². The molecule has 4 aromatic rings. The molecule has 0 bridgehead atoms. The van der Waals surface area contributed by atoms with Gasteiger partial charge in [0.2, 0.25) is 0 Å². The molecule has 5 rings (SSSR count). The highest BCUT2D eigenvalue weighted by atomic mass is 16.5. The second-order valence-electron chi connectivity index (χ2n) is 9.04. The van der Waals surface area contributed by atoms with Crippen molar-refractivity contribution in [1.29, 1.82) is 0 Å². The van der Waals surface area contributed by atoms with Crippen molar-refractivity contribution in [3.8, 4) is 5.88 Å². The molecule has 8 heteroatoms. The maximum atomic E-state index is 12.2. The summed E-state index contributed by atoms with van der Waals surface area (Å²) >= 11 is 0. The Morgan fingerprint density at radius 2 is 1.75 bits per heavy atom. The highest BCUT2D eigenvalue weighted by molar-refractivity contribution is 6.22. The number of nitrogens with one attached hydrogen (secondary N) is 1. The second kappa shape index (κ2) is 10.3. The van der Waals surface area contributed by atoms with Gasteiger partial charge >= 0.3 is 5.97 Å². The van der Waals surface area contributed by atoms with E-state index >= 15 is 0 Å². The predicted molar refractivity (Wildman–Crippen MR) is 140 cm³/mol. The SMILES string of the molecule is COC(=O)c1ccc2[nH]c(O)c(C(=Nc3ccc(CN4CCN(C)CC4)cc3)c3ccncc3)c2c1. The molecule has 0 aliphatic carbocycles. The molecule has 0 radical (unpaired) electrons. The van der Waals surface area contributed by atoms with Gasteiger partial charge in [-0.1, -0.05) is 12.1 Å². The van der Waals surface area contributed by atoms with Crippen LogP contribution in [0.3, 0.4) is 0 Å². The van der Waals surface area contributed by atoms with Crippen molar-refractivity contribution in [3.05, 3.63) is 89.2 Å². The monoisotopic (exact) mass is 483 g/mol. The van der Waals surface area contributed by atoms with Gasteiger partial charge in [-0.15, -0.1) is 0 Å². The Labute approximate surface area is 209 Å². The number of aromatic hydroxyl groups is 1. The van der Waals surface area contributed by atoms with E-state index < -0.39 is 5.97 Å². The van der Waals surface area contributed by atoms with E-state index in [-0.39, 0.29) is 5.88 Å². The van der Waals surface area contributed by atoms with Crippen LogP contribution in [0, 0.1) is 0 Å². The normalized spacial score (nSPS) is 15.3. The third kappa shape index (κ3) is 5.00. The minimum absolute atomic E-state index is 0.0192. The van der Waals surface area contributed by atoms with Crippen LogP contribution in [-0.4, -0.2) is 76.9 Å². The number of aliphatic imine (C=N–C) groups is 1. The summed E-state index contributed by atoms with van der Waals surface area (Å²) in [5, 5.41) is 11.6. The molecular weight excluding hydrogens is 454 g/mol. The number of H-pyrrole nitrogens is 1. The fraction of sp³-hybridized carbons (Fsp3) is 0.250. The van der Waals surface area contributed by atoms with Gasteiger partial charge in [-0.05, 0) is 55.1 Å². The van der Waals surface area contributed by atoms with E-state index in [1.54, 1.807) is 30.6 Å². The van der Waals surface area contributed by atoms with Crippen molar-refractivity contribution in [2.45, 2.75) is 6.54 Å². The second-order valence-corrected chi connectivity index (χ2v) is 9.04. The Kier molecular flexibility index (Phi) is 6.79. The van der Waals surface area contributed by atoms with Crippen LogP contribution in [0.2, 0.25) is 0 Å². The standard InChI is InChI=1S/C28H29N5O3/c1-32-13-15-33(16-14-32)18-19-3-6-22(7-4-19)30-26(20-9-11-29-12-10-20)25-23-17-21(28(35)36-2)5-8-24(23)31-27(25)34/h3-12,17,31,34H,13-16,18H2,1-2H3. The summed E-state index contributed by atoms with van der Waals surface area (Å²) in [7, 11) is 3.51. The number of carbonyl (C=O) groups excluding carboxylic acids is 1. The number of fused-ring (bicyclic) bond motifs is 1. The maximum Gasteiger partial charge on any atom is 0.337 e. The molecule has 36 heavy (non-hydrogen) atoms. The Morgan fingerprint density at radius 3 is 2.44 bits per heavy atom. The zero-order valence-corrected chi connectivity index (χ0v) is 20.4. The minimum Gasteiger partial charge on any atom is -0.494 e. The van der Waals surface area contributed by atoms with Crippen LogP contribution in [0.25, 0.3) is 10.9 Å². The first-order chi connectivity index (χ1) is 17.5. The topological polar surface area (TPSA) is 94.0 Å². The van der Waals surface area contributed by atoms with Crippen molar-refractivity contribution in [3.63, 3.8) is 0 Å². The number of carbonyl (C=O) groups is 1. The van der Waals surface area contributed by atoms with E-state index in [4.69, 9.17) is 9.73 Å². The number of rotatable bonds is 6. The molecule has 184 valence electrons. The lowest BCUT2D eigenvalue weighted by Gasteiger charge is -2.32. The lowest BCUT2D eigenvalue weighted by Crippen LogP contribution is -2.43. The van der Waals surface area contributed by atoms with Crippen molar-refractivity contribution >= 4 is 28.3 Å². The summed E-state index contributed by atoms with van der Waals surface area (Å²) in [6, 6.07) is 17.0. The van der Waals surface area contributed by atoms with Gasteiger partial charge in [0.1, 0.15) is 0 Å². The number of piperazine rings is 1. The number of nitrogens with zero attached hydrogens (tertiary/aromatic N) is 4. The number of methoxy groups -OCH3 is 1. The Balaban J connectivity index is 1.53. The molecule has 3 heterocycles. The first-order valence-corrected chi connectivity index (χ1v) is 11.9. The number of ether oxygens (including phenoxy) is 1. The molecule has 8 nitrogen and oxygen atoms in total. The number of esters is 1. The van der Waals surface area contributed by atoms with E-state index in [1.165, 1.54) is 12.7 Å². The summed E-state index contributed by atoms with van der Waals surface area (Å²) in [6.07, 6.45) is 3.38. The fourth-order valence-electron chi connectivity index (χ4n) is 4.51. The number of hydrogen-bond donors (Lipinski definition) is 2. The van der Waals surface area contributed by atoms with Gasteiger partial charge < -0.3 is 19.7 Å². The average molecular weight is 484 g/mol. The van der Waals surface area contributed by atoms with Crippen LogP contribution in [-0.2, 0) is 11.3 Å². The molecule has 0 atom stereocenters. The number of benzene rings is 2. The molecule has 2 N–H and O–H groups in total. The summed E-state index contributed by atoms with van der Waals surface area (Å²) in [6.45, 7) is 5.22. The van der Waals surface area contributed by atoms with Gasteiger partial charge in [-0.2, -0.15) is 0 Å². The lowest BCUT2D eigenvalue weighted by atomic mass is 10.0. The lowest BCUT2D eigenvalue weighted by molar-refractivity contribution is 0.0601. The third-order valence-electron chi connectivity index (χ3n) is 6.57. The average Bonchev–Trinajstić information content (AvgIpc) is 3.24. The largest absolute Gasteiger partial charge is 0.494 e. The number of likely N-dealkylation sites (N-methyl/N-ethyl adjacent to an activating group) is 1. The van der Waals surface area contributed by atoms with Crippen LogP contribution < -0.4 is 0 Å². The van der Waals surface area contributed by atoms with Gasteiger partial charge in [-0.3, -0.25) is 9.88 Å². The first kappa shape index (κ1) is 23.7. The summed E-state index contributed by atoms with van der Waals surface area (Å²) in [4.78, 5) is 29.0. The quantitative estimate of drug-likeness (QED) is 0.318. The first-order valence-electron chi connectivity index (χ1n) is 11.9. The summed E-state index contributed by atoms with van der Waals surface area (Å²) in [5.74, 6) is -0.462.